The summed E-state index contributed by atoms with van der Waals surface area (Å²) >= 11 is 0. The zero-order chi connectivity index (χ0) is 21.0. The van der Waals surface area contributed by atoms with Gasteiger partial charge in [0, 0.05) is 12.8 Å². The minimum absolute atomic E-state index is 0.0958. The van der Waals surface area contributed by atoms with Crippen LogP contribution in [-0.2, 0) is 20.8 Å². The number of piperidine rings is 1. The van der Waals surface area contributed by atoms with E-state index in [4.69, 9.17) is 5.11 Å². The summed E-state index contributed by atoms with van der Waals surface area (Å²) in [5, 5.41) is 10.8. The highest BCUT2D eigenvalue weighted by molar-refractivity contribution is 6.24. The van der Waals surface area contributed by atoms with Crippen LogP contribution >= 0.6 is 0 Å². The quantitative estimate of drug-likeness (QED) is 0.483. The fourth-order valence-electron chi connectivity index (χ4n) is 3.92. The number of carbonyl (C=O) groups is 5. The topological polar surface area (TPSA) is 121 Å². The molecule has 29 heavy (non-hydrogen) atoms. The summed E-state index contributed by atoms with van der Waals surface area (Å²) in [6, 6.07) is 4.20. The molecule has 154 valence electrons. The van der Waals surface area contributed by atoms with Crippen molar-refractivity contribution in [3.05, 3.63) is 34.9 Å². The molecule has 8 nitrogen and oxygen atoms in total. The van der Waals surface area contributed by atoms with Gasteiger partial charge in [-0.15, -0.1) is 0 Å². The summed E-state index contributed by atoms with van der Waals surface area (Å²) in [6.07, 6.45) is 5.19. The van der Waals surface area contributed by atoms with Crippen LogP contribution in [0.4, 0.5) is 0 Å². The normalized spacial score (nSPS) is 18.8. The van der Waals surface area contributed by atoms with E-state index in [1.165, 1.54) is 0 Å². The van der Waals surface area contributed by atoms with Gasteiger partial charge in [0.25, 0.3) is 11.8 Å². The molecule has 0 spiro atoms. The maximum atomic E-state index is 13.0. The molecular weight excluding hydrogens is 376 g/mol. The first-order chi connectivity index (χ1) is 13.9. The van der Waals surface area contributed by atoms with Crippen molar-refractivity contribution in [3.63, 3.8) is 0 Å². The van der Waals surface area contributed by atoms with E-state index in [0.29, 0.717) is 24.0 Å². The molecule has 1 aromatic rings. The van der Waals surface area contributed by atoms with E-state index < -0.39 is 35.6 Å². The summed E-state index contributed by atoms with van der Waals surface area (Å²) in [4.78, 5) is 60.8. The van der Waals surface area contributed by atoms with Crippen molar-refractivity contribution in [1.29, 1.82) is 0 Å². The van der Waals surface area contributed by atoms with Gasteiger partial charge in [-0.05, 0) is 37.3 Å². The Morgan fingerprint density at radius 1 is 1.03 bits per heavy atom. The number of aliphatic carboxylic acids is 1. The molecule has 1 unspecified atom stereocenters. The Morgan fingerprint density at radius 3 is 2.48 bits per heavy atom. The lowest BCUT2D eigenvalue weighted by Gasteiger charge is -2.27. The first kappa shape index (κ1) is 20.7. The molecule has 0 saturated carbocycles. The summed E-state index contributed by atoms with van der Waals surface area (Å²) < 4.78 is 0. The molecule has 1 aromatic carbocycles. The van der Waals surface area contributed by atoms with Gasteiger partial charge in [0.1, 0.15) is 6.04 Å². The first-order valence-electron chi connectivity index (χ1n) is 9.95. The number of hydrogen-bond donors (Lipinski definition) is 2. The number of fused-ring (bicyclic) bond motifs is 1. The van der Waals surface area contributed by atoms with E-state index in [0.717, 1.165) is 36.1 Å². The standard InChI is InChI=1S/C21H24N2O6/c24-16-12-11-15(19(27)22-16)23-20(28)14-9-6-8-13(18(14)21(23)29)7-4-2-1-3-5-10-17(25)26/h6,8-9,15H,1-5,7,10-12H2,(H,25,26)(H,22,24,27). The molecule has 3 rings (SSSR count). The number of nitrogens with zero attached hydrogens (tertiary/aromatic N) is 1. The molecule has 2 aliphatic rings. The zero-order valence-corrected chi connectivity index (χ0v) is 16.1. The highest BCUT2D eigenvalue weighted by Gasteiger charge is 2.45. The van der Waals surface area contributed by atoms with Crippen LogP contribution in [0.25, 0.3) is 0 Å². The molecule has 1 fully saturated rings. The van der Waals surface area contributed by atoms with Crippen molar-refractivity contribution in [3.8, 4) is 0 Å². The SMILES string of the molecule is O=C(O)CCCCCCCc1cccc2c1C(=O)N(C1CCC(=O)NC1=O)C2=O. The fourth-order valence-corrected chi connectivity index (χ4v) is 3.92. The van der Waals surface area contributed by atoms with Crippen LogP contribution in [0, 0.1) is 0 Å². The molecule has 1 atom stereocenters. The molecule has 2 heterocycles. The monoisotopic (exact) mass is 400 g/mol. The third kappa shape index (κ3) is 4.52. The van der Waals surface area contributed by atoms with Crippen LogP contribution in [0.5, 0.6) is 0 Å². The number of amides is 4. The summed E-state index contributed by atoms with van der Waals surface area (Å²) in [7, 11) is 0. The second kappa shape index (κ2) is 8.98. The predicted molar refractivity (Wildman–Crippen MR) is 102 cm³/mol. The van der Waals surface area contributed by atoms with Gasteiger partial charge in [0.05, 0.1) is 11.1 Å². The Morgan fingerprint density at radius 2 is 1.76 bits per heavy atom. The number of hydrogen-bond acceptors (Lipinski definition) is 5. The number of rotatable bonds is 9. The van der Waals surface area contributed by atoms with Crippen LogP contribution in [0.15, 0.2) is 18.2 Å². The van der Waals surface area contributed by atoms with Gasteiger partial charge in [-0.3, -0.25) is 34.2 Å². The number of carbonyl (C=O) groups excluding carboxylic acids is 4. The van der Waals surface area contributed by atoms with Gasteiger partial charge in [0.15, 0.2) is 0 Å². The molecule has 4 amide bonds. The number of imide groups is 2. The molecule has 0 radical (unpaired) electrons. The Bertz CT molecular complexity index is 863. The maximum Gasteiger partial charge on any atom is 0.303 e. The molecule has 0 bridgehead atoms. The zero-order valence-electron chi connectivity index (χ0n) is 16.1. The highest BCUT2D eigenvalue weighted by Crippen LogP contribution is 2.30. The lowest BCUT2D eigenvalue weighted by molar-refractivity contribution is -0.138. The van der Waals surface area contributed by atoms with Gasteiger partial charge in [-0.2, -0.15) is 0 Å². The van der Waals surface area contributed by atoms with Crippen molar-refractivity contribution in [2.75, 3.05) is 0 Å². The predicted octanol–water partition coefficient (Wildman–Crippen LogP) is 2.06. The molecule has 2 N–H and O–H groups in total. The number of aryl methyl sites for hydroxylation is 1. The summed E-state index contributed by atoms with van der Waals surface area (Å²) in [5.74, 6) is -2.76. The molecule has 2 aliphatic heterocycles. The highest BCUT2D eigenvalue weighted by atomic mass is 16.4. The third-order valence-electron chi connectivity index (χ3n) is 5.39. The van der Waals surface area contributed by atoms with E-state index in [2.05, 4.69) is 5.32 Å². The van der Waals surface area contributed by atoms with Crippen LogP contribution < -0.4 is 5.32 Å². The first-order valence-corrected chi connectivity index (χ1v) is 9.95. The van der Waals surface area contributed by atoms with E-state index in [9.17, 15) is 24.0 Å². The average Bonchev–Trinajstić information content (AvgIpc) is 2.92. The van der Waals surface area contributed by atoms with Crippen LogP contribution in [-0.4, -0.2) is 45.6 Å². The maximum absolute atomic E-state index is 13.0. The second-order valence-electron chi connectivity index (χ2n) is 7.45. The Hall–Kier alpha value is -3.03. The summed E-state index contributed by atoms with van der Waals surface area (Å²) in [5.41, 5.74) is 1.44. The van der Waals surface area contributed by atoms with E-state index in [-0.39, 0.29) is 19.3 Å². The Kier molecular flexibility index (Phi) is 6.41. The molecule has 0 aromatic heterocycles. The fraction of sp³-hybridized carbons (Fsp3) is 0.476. The Balaban J connectivity index is 1.63. The van der Waals surface area contributed by atoms with Crippen molar-refractivity contribution in [2.45, 2.75) is 63.8 Å². The molecule has 0 aliphatic carbocycles. The summed E-state index contributed by atoms with van der Waals surface area (Å²) in [6.45, 7) is 0. The third-order valence-corrected chi connectivity index (χ3v) is 5.39. The van der Waals surface area contributed by atoms with Crippen molar-refractivity contribution >= 4 is 29.6 Å². The lowest BCUT2D eigenvalue weighted by atomic mass is 9.97. The Labute approximate surface area is 168 Å². The number of benzene rings is 1. The largest absolute Gasteiger partial charge is 0.481 e. The van der Waals surface area contributed by atoms with Gasteiger partial charge in [0.2, 0.25) is 11.8 Å². The van der Waals surface area contributed by atoms with E-state index in [1.54, 1.807) is 12.1 Å². The molecular formula is C21H24N2O6. The minimum atomic E-state index is -0.956. The number of unbranched alkanes of at least 4 members (excludes halogenated alkanes) is 4. The van der Waals surface area contributed by atoms with Crippen molar-refractivity contribution in [2.24, 2.45) is 0 Å². The lowest BCUT2D eigenvalue weighted by Crippen LogP contribution is -2.54. The van der Waals surface area contributed by atoms with Crippen LogP contribution in [0.1, 0.15) is 77.6 Å². The smallest absolute Gasteiger partial charge is 0.303 e. The number of carboxylic acid groups (broad SMARTS) is 1. The average molecular weight is 400 g/mol. The van der Waals surface area contributed by atoms with Crippen molar-refractivity contribution < 1.29 is 29.1 Å². The molecule has 1 saturated heterocycles. The number of nitrogens with one attached hydrogen (secondary N) is 1. The van der Waals surface area contributed by atoms with Gasteiger partial charge in [-0.1, -0.05) is 31.4 Å². The van der Waals surface area contributed by atoms with Crippen LogP contribution in [0.2, 0.25) is 0 Å². The van der Waals surface area contributed by atoms with E-state index in [1.807, 2.05) is 6.07 Å². The van der Waals surface area contributed by atoms with E-state index >= 15 is 0 Å². The van der Waals surface area contributed by atoms with Crippen LogP contribution in [0.3, 0.4) is 0 Å². The van der Waals surface area contributed by atoms with Gasteiger partial charge in [-0.25, -0.2) is 0 Å². The number of carboxylic acids is 1. The molecule has 8 heteroatoms. The van der Waals surface area contributed by atoms with Gasteiger partial charge >= 0.3 is 5.97 Å². The van der Waals surface area contributed by atoms with Crippen molar-refractivity contribution in [1.82, 2.24) is 10.2 Å². The second-order valence-corrected chi connectivity index (χ2v) is 7.45. The minimum Gasteiger partial charge on any atom is -0.481 e. The van der Waals surface area contributed by atoms with Gasteiger partial charge < -0.3 is 5.11 Å².